The molecule has 1 aromatic rings. The molecule has 0 spiro atoms. The summed E-state index contributed by atoms with van der Waals surface area (Å²) in [5, 5.41) is 9.35. The molecule has 0 aromatic carbocycles. The number of aryl methyl sites for hydroxylation is 1. The molecular weight excluding hydrogens is 254 g/mol. The molecule has 4 heteroatoms. The third-order valence-electron chi connectivity index (χ3n) is 4.95. The zero-order valence-corrected chi connectivity index (χ0v) is 12.6. The fraction of sp³-hybridized carbons (Fsp3) is 0.625. The molecule has 1 saturated carbocycles. The van der Waals surface area contributed by atoms with Crippen molar-refractivity contribution in [3.63, 3.8) is 0 Å². The number of carbonyl (C=O) groups is 1. The van der Waals surface area contributed by atoms with Crippen LogP contribution >= 0.6 is 0 Å². The quantitative estimate of drug-likeness (QED) is 0.923. The van der Waals surface area contributed by atoms with Crippen molar-refractivity contribution < 1.29 is 9.90 Å². The van der Waals surface area contributed by atoms with Crippen molar-refractivity contribution in [3.8, 4) is 0 Å². The summed E-state index contributed by atoms with van der Waals surface area (Å²) in [7, 11) is 0. The van der Waals surface area contributed by atoms with Gasteiger partial charge in [0.1, 0.15) is 0 Å². The van der Waals surface area contributed by atoms with Crippen molar-refractivity contribution in [2.45, 2.75) is 53.0 Å². The molecule has 1 N–H and O–H groups in total. The van der Waals surface area contributed by atoms with E-state index in [2.05, 4.69) is 13.8 Å². The third-order valence-corrected chi connectivity index (χ3v) is 4.95. The van der Waals surface area contributed by atoms with Crippen LogP contribution in [0.5, 0.6) is 0 Å². The molecular formula is C16H23NO3. The molecule has 1 heterocycles. The van der Waals surface area contributed by atoms with Gasteiger partial charge in [-0.1, -0.05) is 20.3 Å². The summed E-state index contributed by atoms with van der Waals surface area (Å²) in [6, 6.07) is 1.59. The van der Waals surface area contributed by atoms with E-state index in [0.717, 1.165) is 19.3 Å². The van der Waals surface area contributed by atoms with E-state index in [4.69, 9.17) is 0 Å². The highest BCUT2D eigenvalue weighted by atomic mass is 16.4. The second-order valence-electron chi connectivity index (χ2n) is 5.97. The Bertz CT molecular complexity index is 588. The van der Waals surface area contributed by atoms with Crippen molar-refractivity contribution in [1.82, 2.24) is 4.57 Å². The van der Waals surface area contributed by atoms with E-state index in [1.807, 2.05) is 0 Å². The first kappa shape index (κ1) is 14.8. The summed E-state index contributed by atoms with van der Waals surface area (Å²) >= 11 is 0. The van der Waals surface area contributed by atoms with Crippen LogP contribution in [0.1, 0.15) is 60.8 Å². The van der Waals surface area contributed by atoms with Gasteiger partial charge in [-0.25, -0.2) is 4.79 Å². The Morgan fingerprint density at radius 3 is 2.55 bits per heavy atom. The fourth-order valence-corrected chi connectivity index (χ4v) is 3.80. The average molecular weight is 277 g/mol. The Labute approximate surface area is 119 Å². The molecule has 1 aliphatic rings. The van der Waals surface area contributed by atoms with Gasteiger partial charge in [-0.15, -0.1) is 0 Å². The van der Waals surface area contributed by atoms with Crippen LogP contribution in [0, 0.1) is 25.7 Å². The molecule has 0 aliphatic heterocycles. The first-order valence-electron chi connectivity index (χ1n) is 7.34. The first-order chi connectivity index (χ1) is 9.38. The second-order valence-corrected chi connectivity index (χ2v) is 5.97. The maximum atomic E-state index is 12.3. The summed E-state index contributed by atoms with van der Waals surface area (Å²) in [5.74, 6) is 0.0908. The maximum absolute atomic E-state index is 12.3. The average Bonchev–Trinajstić information content (AvgIpc) is 2.69. The number of pyridine rings is 1. The minimum Gasteiger partial charge on any atom is -0.478 e. The van der Waals surface area contributed by atoms with Gasteiger partial charge in [0.05, 0.1) is 5.56 Å². The van der Waals surface area contributed by atoms with Crippen LogP contribution in [-0.4, -0.2) is 15.6 Å². The smallest absolute Gasteiger partial charge is 0.337 e. The monoisotopic (exact) mass is 277 g/mol. The summed E-state index contributed by atoms with van der Waals surface area (Å²) in [4.78, 5) is 23.7. The minimum atomic E-state index is -0.952. The lowest BCUT2D eigenvalue weighted by Crippen LogP contribution is -2.31. The van der Waals surface area contributed by atoms with Crippen LogP contribution in [0.3, 0.4) is 0 Å². The van der Waals surface area contributed by atoms with E-state index in [1.54, 1.807) is 18.4 Å². The van der Waals surface area contributed by atoms with Gasteiger partial charge in [0, 0.05) is 17.8 Å². The molecule has 3 unspecified atom stereocenters. The number of rotatable bonds is 3. The Morgan fingerprint density at radius 1 is 1.40 bits per heavy atom. The molecule has 0 saturated heterocycles. The van der Waals surface area contributed by atoms with Crippen molar-refractivity contribution in [2.24, 2.45) is 11.8 Å². The Balaban J connectivity index is 2.56. The highest BCUT2D eigenvalue weighted by Crippen LogP contribution is 2.41. The predicted molar refractivity (Wildman–Crippen MR) is 78.4 cm³/mol. The molecule has 3 atom stereocenters. The summed E-state index contributed by atoms with van der Waals surface area (Å²) in [5.41, 5.74) is 1.35. The zero-order chi connectivity index (χ0) is 15.0. The van der Waals surface area contributed by atoms with Crippen LogP contribution in [-0.2, 0) is 0 Å². The number of hydrogen-bond donors (Lipinski definition) is 1. The van der Waals surface area contributed by atoms with Crippen LogP contribution in [0.25, 0.3) is 0 Å². The lowest BCUT2D eigenvalue weighted by molar-refractivity contribution is 0.0693. The molecule has 1 fully saturated rings. The lowest BCUT2D eigenvalue weighted by Gasteiger charge is -2.25. The summed E-state index contributed by atoms with van der Waals surface area (Å²) in [6.07, 6.45) is 3.19. The van der Waals surface area contributed by atoms with Gasteiger partial charge in [0.2, 0.25) is 0 Å². The van der Waals surface area contributed by atoms with E-state index in [0.29, 0.717) is 23.1 Å². The number of aromatic carboxylic acids is 1. The number of carboxylic acid groups (broad SMARTS) is 1. The molecule has 20 heavy (non-hydrogen) atoms. The van der Waals surface area contributed by atoms with Gasteiger partial charge in [-0.3, -0.25) is 4.79 Å². The zero-order valence-electron chi connectivity index (χ0n) is 12.6. The standard InChI is InChI=1S/C16H23NO3/c1-5-12-6-7-13(10(12)3)17-11(4)15(16(19)20)9(2)8-14(17)18/h8,10,12-13H,5-7H2,1-4H3,(H,19,20). The number of aromatic nitrogens is 1. The molecule has 0 bridgehead atoms. The third kappa shape index (κ3) is 2.28. The first-order valence-corrected chi connectivity index (χ1v) is 7.34. The number of nitrogens with zero attached hydrogens (tertiary/aromatic N) is 1. The second kappa shape index (κ2) is 5.43. The molecule has 0 amide bonds. The number of carboxylic acids is 1. The summed E-state index contributed by atoms with van der Waals surface area (Å²) in [6.45, 7) is 7.80. The highest BCUT2D eigenvalue weighted by Gasteiger charge is 2.34. The van der Waals surface area contributed by atoms with E-state index >= 15 is 0 Å². The van der Waals surface area contributed by atoms with E-state index < -0.39 is 5.97 Å². The minimum absolute atomic E-state index is 0.0707. The van der Waals surface area contributed by atoms with Crippen molar-refractivity contribution in [3.05, 3.63) is 33.2 Å². The summed E-state index contributed by atoms with van der Waals surface area (Å²) < 4.78 is 1.72. The maximum Gasteiger partial charge on any atom is 0.337 e. The van der Waals surface area contributed by atoms with E-state index in [1.165, 1.54) is 6.07 Å². The van der Waals surface area contributed by atoms with E-state index in [9.17, 15) is 14.7 Å². The lowest BCUT2D eigenvalue weighted by atomic mass is 9.93. The van der Waals surface area contributed by atoms with Crippen LogP contribution in [0.4, 0.5) is 0 Å². The SMILES string of the molecule is CCC1CCC(n2c(C)c(C(=O)O)c(C)cc2=O)C1C. The van der Waals surface area contributed by atoms with E-state index in [-0.39, 0.29) is 17.2 Å². The number of hydrogen-bond acceptors (Lipinski definition) is 2. The molecule has 2 rings (SSSR count). The largest absolute Gasteiger partial charge is 0.478 e. The fourth-order valence-electron chi connectivity index (χ4n) is 3.80. The molecule has 0 radical (unpaired) electrons. The molecule has 110 valence electrons. The Hall–Kier alpha value is -1.58. The topological polar surface area (TPSA) is 59.3 Å². The van der Waals surface area contributed by atoms with Gasteiger partial charge < -0.3 is 9.67 Å². The van der Waals surface area contributed by atoms with Gasteiger partial charge >= 0.3 is 5.97 Å². The van der Waals surface area contributed by atoms with Gasteiger partial charge in [-0.05, 0) is 44.1 Å². The van der Waals surface area contributed by atoms with Crippen molar-refractivity contribution in [2.75, 3.05) is 0 Å². The predicted octanol–water partition coefficient (Wildman–Crippen LogP) is 3.16. The van der Waals surface area contributed by atoms with Gasteiger partial charge in [0.15, 0.2) is 0 Å². The van der Waals surface area contributed by atoms with Crippen molar-refractivity contribution >= 4 is 5.97 Å². The normalized spacial score (nSPS) is 25.9. The Kier molecular flexibility index (Phi) is 4.02. The molecule has 4 nitrogen and oxygen atoms in total. The van der Waals surface area contributed by atoms with Crippen molar-refractivity contribution in [1.29, 1.82) is 0 Å². The van der Waals surface area contributed by atoms with Gasteiger partial charge in [-0.2, -0.15) is 0 Å². The Morgan fingerprint density at radius 2 is 2.05 bits per heavy atom. The molecule has 1 aromatic heterocycles. The molecule has 1 aliphatic carbocycles. The van der Waals surface area contributed by atoms with Crippen LogP contribution in [0.15, 0.2) is 10.9 Å². The highest BCUT2D eigenvalue weighted by molar-refractivity contribution is 5.90. The van der Waals surface area contributed by atoms with Gasteiger partial charge in [0.25, 0.3) is 5.56 Å². The van der Waals surface area contributed by atoms with Crippen LogP contribution < -0.4 is 5.56 Å². The van der Waals surface area contributed by atoms with Crippen LogP contribution in [0.2, 0.25) is 0 Å².